The molecule has 0 radical (unpaired) electrons. The van der Waals surface area contributed by atoms with E-state index in [1.54, 1.807) is 38.3 Å². The summed E-state index contributed by atoms with van der Waals surface area (Å²) in [5, 5.41) is 7.88. The van der Waals surface area contributed by atoms with Crippen LogP contribution in [0.4, 0.5) is 9.18 Å². The van der Waals surface area contributed by atoms with Crippen LogP contribution in [-0.4, -0.2) is 31.1 Å². The minimum Gasteiger partial charge on any atom is -0.469 e. The molecule has 0 bridgehead atoms. The molecule has 1 heterocycles. The second kappa shape index (κ2) is 8.51. The highest BCUT2D eigenvalue weighted by Gasteiger charge is 2.28. The molecule has 0 fully saturated rings. The summed E-state index contributed by atoms with van der Waals surface area (Å²) in [6.07, 6.45) is 2.14. The maximum absolute atomic E-state index is 13.2. The number of carbonyl (C=O) groups excluding carboxylic acids is 2. The van der Waals surface area contributed by atoms with Gasteiger partial charge >= 0.3 is 6.03 Å². The van der Waals surface area contributed by atoms with Gasteiger partial charge < -0.3 is 20.4 Å². The second-order valence-corrected chi connectivity index (χ2v) is 6.49. The Morgan fingerprint density at radius 3 is 2.46 bits per heavy atom. The molecule has 0 aliphatic carbocycles. The van der Waals surface area contributed by atoms with Crippen LogP contribution in [0, 0.1) is 5.82 Å². The van der Waals surface area contributed by atoms with Crippen LogP contribution < -0.4 is 16.0 Å². The fraction of sp³-hybridized carbons (Fsp3) is 0.368. The second-order valence-electron chi connectivity index (χ2n) is 6.49. The standard InChI is InChI=1S/C19H24FN3O3/c1-19(2,17(24)21-3)23-18(25)22-11-10-15(16-5-4-12-26-16)13-6-8-14(20)9-7-13/h4-9,12,15H,10-11H2,1-3H3,(H,21,24)(H2,22,23,25). The van der Waals surface area contributed by atoms with Gasteiger partial charge in [-0.1, -0.05) is 12.1 Å². The van der Waals surface area contributed by atoms with E-state index in [1.165, 1.54) is 19.2 Å². The Morgan fingerprint density at radius 1 is 1.19 bits per heavy atom. The summed E-state index contributed by atoms with van der Waals surface area (Å²) >= 11 is 0. The maximum atomic E-state index is 13.2. The van der Waals surface area contributed by atoms with E-state index in [4.69, 9.17) is 4.42 Å². The van der Waals surface area contributed by atoms with Gasteiger partial charge in [-0.2, -0.15) is 0 Å². The molecule has 2 aromatic rings. The van der Waals surface area contributed by atoms with Gasteiger partial charge in [-0.25, -0.2) is 9.18 Å². The Balaban J connectivity index is 1.97. The van der Waals surface area contributed by atoms with Crippen molar-refractivity contribution in [1.82, 2.24) is 16.0 Å². The summed E-state index contributed by atoms with van der Waals surface area (Å²) in [5.74, 6) is 0.0376. The molecule has 3 amide bonds. The first-order valence-corrected chi connectivity index (χ1v) is 8.40. The number of hydrogen-bond acceptors (Lipinski definition) is 3. The molecule has 140 valence electrons. The Bertz CT molecular complexity index is 727. The third-order valence-corrected chi connectivity index (χ3v) is 4.10. The Hall–Kier alpha value is -2.83. The summed E-state index contributed by atoms with van der Waals surface area (Å²) < 4.78 is 18.7. The van der Waals surface area contributed by atoms with Crippen molar-refractivity contribution < 1.29 is 18.4 Å². The van der Waals surface area contributed by atoms with Crippen LogP contribution in [0.3, 0.4) is 0 Å². The summed E-state index contributed by atoms with van der Waals surface area (Å²) in [6.45, 7) is 3.60. The summed E-state index contributed by atoms with van der Waals surface area (Å²) in [6, 6.07) is 9.42. The monoisotopic (exact) mass is 361 g/mol. The first kappa shape index (κ1) is 19.5. The molecule has 3 N–H and O–H groups in total. The zero-order valence-electron chi connectivity index (χ0n) is 15.1. The number of halogens is 1. The van der Waals surface area contributed by atoms with Gasteiger partial charge in [-0.05, 0) is 50.1 Å². The number of amides is 3. The van der Waals surface area contributed by atoms with Gasteiger partial charge in [0.05, 0.1) is 6.26 Å². The number of nitrogens with one attached hydrogen (secondary N) is 3. The SMILES string of the molecule is CNC(=O)C(C)(C)NC(=O)NCCC(c1ccc(F)cc1)c1ccco1. The molecule has 0 aliphatic heterocycles. The number of rotatable bonds is 7. The number of carbonyl (C=O) groups is 2. The average molecular weight is 361 g/mol. The highest BCUT2D eigenvalue weighted by Crippen LogP contribution is 2.28. The van der Waals surface area contributed by atoms with Crippen molar-refractivity contribution in [3.05, 3.63) is 59.8 Å². The van der Waals surface area contributed by atoms with Gasteiger partial charge in [-0.3, -0.25) is 4.79 Å². The first-order valence-electron chi connectivity index (χ1n) is 8.40. The lowest BCUT2D eigenvalue weighted by molar-refractivity contribution is -0.125. The number of likely N-dealkylation sites (N-methyl/N-ethyl adjacent to an activating group) is 1. The molecule has 0 saturated carbocycles. The lowest BCUT2D eigenvalue weighted by atomic mass is 9.93. The van der Waals surface area contributed by atoms with Crippen molar-refractivity contribution in [2.45, 2.75) is 31.7 Å². The van der Waals surface area contributed by atoms with E-state index < -0.39 is 11.6 Å². The predicted molar refractivity (Wildman–Crippen MR) is 96.2 cm³/mol. The highest BCUT2D eigenvalue weighted by molar-refractivity contribution is 5.90. The van der Waals surface area contributed by atoms with Gasteiger partial charge in [0.15, 0.2) is 0 Å². The normalized spacial score (nSPS) is 12.3. The van der Waals surface area contributed by atoms with Gasteiger partial charge in [0, 0.05) is 19.5 Å². The fourth-order valence-corrected chi connectivity index (χ4v) is 2.69. The van der Waals surface area contributed by atoms with E-state index in [0.717, 1.165) is 11.3 Å². The predicted octanol–water partition coefficient (Wildman–Crippen LogP) is 2.76. The lowest BCUT2D eigenvalue weighted by Crippen LogP contribution is -2.56. The van der Waals surface area contributed by atoms with E-state index >= 15 is 0 Å². The van der Waals surface area contributed by atoms with E-state index in [1.807, 2.05) is 6.07 Å². The molecule has 0 spiro atoms. The van der Waals surface area contributed by atoms with Crippen molar-refractivity contribution in [3.63, 3.8) is 0 Å². The quantitative estimate of drug-likeness (QED) is 0.709. The largest absolute Gasteiger partial charge is 0.469 e. The van der Waals surface area contributed by atoms with Crippen LogP contribution in [-0.2, 0) is 4.79 Å². The van der Waals surface area contributed by atoms with Crippen molar-refractivity contribution in [2.24, 2.45) is 0 Å². The molecular formula is C19H24FN3O3. The number of benzene rings is 1. The zero-order chi connectivity index (χ0) is 19.2. The highest BCUT2D eigenvalue weighted by atomic mass is 19.1. The van der Waals surface area contributed by atoms with Gasteiger partial charge in [0.25, 0.3) is 0 Å². The van der Waals surface area contributed by atoms with Crippen molar-refractivity contribution in [1.29, 1.82) is 0 Å². The number of hydrogen-bond donors (Lipinski definition) is 3. The van der Waals surface area contributed by atoms with Gasteiger partial charge in [0.2, 0.25) is 5.91 Å². The number of furan rings is 1. The molecular weight excluding hydrogens is 337 g/mol. The zero-order valence-corrected chi connectivity index (χ0v) is 15.1. The van der Waals surface area contributed by atoms with Gasteiger partial charge in [-0.15, -0.1) is 0 Å². The Labute approximate surface area is 152 Å². The minimum atomic E-state index is -1.02. The van der Waals surface area contributed by atoms with Crippen LogP contribution in [0.5, 0.6) is 0 Å². The van der Waals surface area contributed by atoms with E-state index in [0.29, 0.717) is 13.0 Å². The summed E-state index contributed by atoms with van der Waals surface area (Å²) in [5.41, 5.74) is -0.120. The lowest BCUT2D eigenvalue weighted by Gasteiger charge is -2.24. The topological polar surface area (TPSA) is 83.4 Å². The Morgan fingerprint density at radius 2 is 1.88 bits per heavy atom. The molecule has 1 atom stereocenters. The first-order chi connectivity index (χ1) is 12.3. The summed E-state index contributed by atoms with van der Waals surface area (Å²) in [4.78, 5) is 23.8. The molecule has 26 heavy (non-hydrogen) atoms. The number of urea groups is 1. The maximum Gasteiger partial charge on any atom is 0.315 e. The molecule has 0 aliphatic rings. The van der Waals surface area contributed by atoms with Crippen molar-refractivity contribution in [3.8, 4) is 0 Å². The molecule has 1 aromatic heterocycles. The van der Waals surface area contributed by atoms with E-state index in [-0.39, 0.29) is 17.6 Å². The van der Waals surface area contributed by atoms with Crippen molar-refractivity contribution >= 4 is 11.9 Å². The van der Waals surface area contributed by atoms with Gasteiger partial charge in [0.1, 0.15) is 17.1 Å². The Kier molecular flexibility index (Phi) is 6.38. The van der Waals surface area contributed by atoms with E-state index in [9.17, 15) is 14.0 Å². The molecule has 1 unspecified atom stereocenters. The smallest absolute Gasteiger partial charge is 0.315 e. The average Bonchev–Trinajstić information content (AvgIpc) is 3.12. The van der Waals surface area contributed by atoms with Crippen molar-refractivity contribution in [2.75, 3.05) is 13.6 Å². The molecule has 7 heteroatoms. The fourth-order valence-electron chi connectivity index (χ4n) is 2.69. The third-order valence-electron chi connectivity index (χ3n) is 4.10. The van der Waals surface area contributed by atoms with Crippen LogP contribution in [0.2, 0.25) is 0 Å². The third kappa shape index (κ3) is 5.08. The van der Waals surface area contributed by atoms with Crippen LogP contribution in [0.1, 0.15) is 37.5 Å². The molecule has 6 nitrogen and oxygen atoms in total. The molecule has 0 saturated heterocycles. The summed E-state index contributed by atoms with van der Waals surface area (Å²) in [7, 11) is 1.51. The van der Waals surface area contributed by atoms with E-state index in [2.05, 4.69) is 16.0 Å². The van der Waals surface area contributed by atoms with Crippen LogP contribution in [0.15, 0.2) is 47.1 Å². The minimum absolute atomic E-state index is 0.113. The van der Waals surface area contributed by atoms with Crippen LogP contribution >= 0.6 is 0 Å². The molecule has 2 rings (SSSR count). The van der Waals surface area contributed by atoms with Crippen LogP contribution in [0.25, 0.3) is 0 Å². The molecule has 1 aromatic carbocycles.